The molecular weight excluding hydrogens is 540 g/mol. The molecule has 0 radical (unpaired) electrons. The van der Waals surface area contributed by atoms with Crippen molar-refractivity contribution < 1.29 is 27.8 Å². The number of hydrogen-bond acceptors (Lipinski definition) is 7. The highest BCUT2D eigenvalue weighted by Gasteiger charge is 2.57. The van der Waals surface area contributed by atoms with Gasteiger partial charge in [-0.3, -0.25) is 18.9 Å². The van der Waals surface area contributed by atoms with E-state index in [1.807, 2.05) is 6.07 Å². The van der Waals surface area contributed by atoms with E-state index in [0.717, 1.165) is 22.3 Å². The number of rotatable bonds is 9. The number of thiol groups is 1. The molecule has 5 rings (SSSR count). The van der Waals surface area contributed by atoms with Crippen LogP contribution in [0.5, 0.6) is 11.5 Å². The molecule has 1 aliphatic heterocycles. The summed E-state index contributed by atoms with van der Waals surface area (Å²) in [4.78, 5) is 19.6. The second kappa shape index (κ2) is 9.62. The summed E-state index contributed by atoms with van der Waals surface area (Å²) < 4.78 is 48.5. The van der Waals surface area contributed by atoms with Crippen LogP contribution in [0.1, 0.15) is 24.0 Å². The Morgan fingerprint density at radius 3 is 2.27 bits per heavy atom. The number of anilines is 2. The molecule has 218 valence electrons. The zero-order chi connectivity index (χ0) is 29.1. The van der Waals surface area contributed by atoms with Crippen LogP contribution in [-0.2, 0) is 28.2 Å². The second-order valence-electron chi connectivity index (χ2n) is 12.6. The number of hydrogen-bond donors (Lipinski definition) is 2. The van der Waals surface area contributed by atoms with Gasteiger partial charge in [-0.25, -0.2) is 13.5 Å². The zero-order valence-corrected chi connectivity index (χ0v) is 24.6. The molecule has 0 unspecified atom stereocenters. The largest absolute Gasteiger partial charge is 0.493 e. The first-order valence-electron chi connectivity index (χ1n) is 13.1. The number of methoxy groups -OCH3 is 2. The van der Waals surface area contributed by atoms with Crippen LogP contribution < -0.4 is 20.1 Å². The van der Waals surface area contributed by atoms with Crippen molar-refractivity contribution in [1.82, 2.24) is 14.8 Å². The number of carbonyl (C=O) groups is 1. The highest BCUT2D eigenvalue weighted by molar-refractivity contribution is 8.47. The smallest absolute Gasteiger partial charge is 0.238 e. The SMILES string of the molecule is COc1cc(OC)c(F)c(N2Cc3cnc(-c4c(N)cnn4COCC[SH](C)(C)(C)C)cc3C3(CC3)C2=O)c1F. The molecule has 1 aliphatic carbocycles. The van der Waals surface area contributed by atoms with Gasteiger partial charge in [0.05, 0.1) is 50.4 Å². The van der Waals surface area contributed by atoms with Crippen LogP contribution in [0.15, 0.2) is 24.5 Å². The van der Waals surface area contributed by atoms with E-state index < -0.39 is 31.9 Å². The highest BCUT2D eigenvalue weighted by atomic mass is 32.3. The Morgan fingerprint density at radius 1 is 1.05 bits per heavy atom. The lowest BCUT2D eigenvalue weighted by atomic mass is 9.86. The Balaban J connectivity index is 1.48. The molecule has 12 heteroatoms. The van der Waals surface area contributed by atoms with Crippen LogP contribution in [0.3, 0.4) is 0 Å². The number of carbonyl (C=O) groups excluding carboxylic acids is 1. The summed E-state index contributed by atoms with van der Waals surface area (Å²) in [5, 5.41) is 4.38. The summed E-state index contributed by atoms with van der Waals surface area (Å²) in [6, 6.07) is 2.97. The Kier molecular flexibility index (Phi) is 6.77. The minimum Gasteiger partial charge on any atom is -0.493 e. The van der Waals surface area contributed by atoms with Gasteiger partial charge in [-0.1, -0.05) is 0 Å². The van der Waals surface area contributed by atoms with Gasteiger partial charge in [0.15, 0.2) is 23.1 Å². The summed E-state index contributed by atoms with van der Waals surface area (Å²) in [6.45, 7) is 0.759. The second-order valence-corrected chi connectivity index (χ2v) is 21.0. The maximum absolute atomic E-state index is 15.3. The van der Waals surface area contributed by atoms with E-state index in [1.54, 1.807) is 17.1 Å². The molecule has 2 aromatic heterocycles. The Morgan fingerprint density at radius 2 is 1.70 bits per heavy atom. The van der Waals surface area contributed by atoms with Crippen molar-refractivity contribution in [2.24, 2.45) is 0 Å². The summed E-state index contributed by atoms with van der Waals surface area (Å²) >= 11 is 0. The summed E-state index contributed by atoms with van der Waals surface area (Å²) in [5.41, 5.74) is 7.97. The number of aromatic nitrogens is 3. The van der Waals surface area contributed by atoms with Crippen LogP contribution >= 0.6 is 9.16 Å². The van der Waals surface area contributed by atoms with Crippen molar-refractivity contribution in [1.29, 1.82) is 0 Å². The molecule has 1 fully saturated rings. The summed E-state index contributed by atoms with van der Waals surface area (Å²) in [5.74, 6) is -1.74. The molecule has 9 nitrogen and oxygen atoms in total. The van der Waals surface area contributed by atoms with Crippen LogP contribution in [0, 0.1) is 11.6 Å². The zero-order valence-electron chi connectivity index (χ0n) is 23.8. The number of halogens is 2. The summed E-state index contributed by atoms with van der Waals surface area (Å²) in [7, 11) is 0.845. The first kappa shape index (κ1) is 28.2. The first-order chi connectivity index (χ1) is 18.8. The third-order valence-corrected chi connectivity index (χ3v) is 9.48. The van der Waals surface area contributed by atoms with Gasteiger partial charge < -0.3 is 24.8 Å². The van der Waals surface area contributed by atoms with Crippen LogP contribution in [-0.4, -0.2) is 72.3 Å². The molecule has 0 bridgehead atoms. The lowest BCUT2D eigenvalue weighted by molar-refractivity contribution is -0.121. The van der Waals surface area contributed by atoms with Crippen molar-refractivity contribution in [2.75, 3.05) is 62.2 Å². The molecule has 3 heterocycles. The topological polar surface area (TPSA) is 105 Å². The fourth-order valence-corrected chi connectivity index (χ4v) is 5.92. The van der Waals surface area contributed by atoms with Gasteiger partial charge in [0.2, 0.25) is 5.91 Å². The van der Waals surface area contributed by atoms with Crippen LogP contribution in [0.25, 0.3) is 11.4 Å². The number of nitrogens with two attached hydrogens (primary N) is 1. The Bertz CT molecular complexity index is 1460. The first-order valence-corrected chi connectivity index (χ1v) is 17.3. The van der Waals surface area contributed by atoms with Crippen LogP contribution in [0.2, 0.25) is 0 Å². The molecule has 0 saturated heterocycles. The van der Waals surface area contributed by atoms with E-state index in [-0.39, 0.29) is 30.7 Å². The van der Waals surface area contributed by atoms with Gasteiger partial charge in [0.1, 0.15) is 18.1 Å². The van der Waals surface area contributed by atoms with Crippen molar-refractivity contribution in [2.45, 2.75) is 31.5 Å². The molecule has 1 aromatic carbocycles. The molecule has 40 heavy (non-hydrogen) atoms. The number of pyridine rings is 1. The lowest BCUT2D eigenvalue weighted by Crippen LogP contribution is -2.45. The number of fused-ring (bicyclic) bond motifs is 2. The molecule has 0 atom stereocenters. The normalized spacial score (nSPS) is 16.9. The van der Waals surface area contributed by atoms with Crippen molar-refractivity contribution in [3.8, 4) is 22.9 Å². The molecule has 1 saturated carbocycles. The van der Waals surface area contributed by atoms with E-state index >= 15 is 8.78 Å². The molecule has 2 aliphatic rings. The third-order valence-electron chi connectivity index (χ3n) is 7.51. The maximum Gasteiger partial charge on any atom is 0.238 e. The quantitative estimate of drug-likeness (QED) is 0.293. The van der Waals surface area contributed by atoms with E-state index in [9.17, 15) is 4.79 Å². The van der Waals surface area contributed by atoms with Crippen LogP contribution in [0.4, 0.5) is 20.2 Å². The van der Waals surface area contributed by atoms with E-state index in [1.165, 1.54) is 14.2 Å². The van der Waals surface area contributed by atoms with Gasteiger partial charge >= 0.3 is 0 Å². The Hall–Kier alpha value is -3.38. The molecule has 1 amide bonds. The fourth-order valence-electron chi connectivity index (χ4n) is 5.06. The van der Waals surface area contributed by atoms with E-state index in [4.69, 9.17) is 19.9 Å². The predicted octanol–water partition coefficient (Wildman–Crippen LogP) is 3.97. The van der Waals surface area contributed by atoms with Gasteiger partial charge in [0, 0.05) is 12.3 Å². The van der Waals surface area contributed by atoms with Gasteiger partial charge in [-0.05, 0) is 60.8 Å². The molecule has 1 spiro atoms. The number of nitrogens with zero attached hydrogens (tertiary/aromatic N) is 4. The standard InChI is InChI=1S/C28H37F2N5O4S/c1-37-21-12-22(38-2)24(30)26(23(21)29)34-15-17-13-32-20(11-18(17)28(7-8-28)27(34)36)25-19(31)14-33-35(25)16-39-9-10-40(3,4,5)6/h11-14,40H,7-10,15-16,31H2,1-6H3. The molecule has 2 N–H and O–H groups in total. The van der Waals surface area contributed by atoms with Gasteiger partial charge in [-0.2, -0.15) is 5.10 Å². The minimum absolute atomic E-state index is 0.0563. The van der Waals surface area contributed by atoms with E-state index in [0.29, 0.717) is 42.1 Å². The van der Waals surface area contributed by atoms with Gasteiger partial charge in [-0.15, -0.1) is 0 Å². The molecule has 3 aromatic rings. The average molecular weight is 578 g/mol. The highest BCUT2D eigenvalue weighted by Crippen LogP contribution is 2.56. The minimum atomic E-state index is -1.70. The fraction of sp³-hybridized carbons (Fsp3) is 0.464. The lowest BCUT2D eigenvalue weighted by Gasteiger charge is -2.46. The predicted molar refractivity (Wildman–Crippen MR) is 155 cm³/mol. The number of nitrogen functional groups attached to an aromatic ring is 1. The number of ether oxygens (including phenoxy) is 3. The Labute approximate surface area is 232 Å². The van der Waals surface area contributed by atoms with Crippen molar-refractivity contribution >= 4 is 26.4 Å². The number of benzene rings is 1. The maximum atomic E-state index is 15.3. The van der Waals surface area contributed by atoms with Gasteiger partial charge in [0.25, 0.3) is 0 Å². The number of amides is 1. The third kappa shape index (κ3) is 4.98. The average Bonchev–Trinajstić information content (AvgIpc) is 3.60. The van der Waals surface area contributed by atoms with Crippen molar-refractivity contribution in [3.63, 3.8) is 0 Å². The van der Waals surface area contributed by atoms with E-state index in [2.05, 4.69) is 35.1 Å². The summed E-state index contributed by atoms with van der Waals surface area (Å²) in [6.07, 6.45) is 13.5. The van der Waals surface area contributed by atoms with Crippen molar-refractivity contribution in [3.05, 3.63) is 47.3 Å². The monoisotopic (exact) mass is 577 g/mol. The molecular formula is C28H37F2N5O4S.